The van der Waals surface area contributed by atoms with Crippen molar-refractivity contribution in [2.45, 2.75) is 149 Å². The zero-order chi connectivity index (χ0) is 24.1. The Morgan fingerprint density at radius 1 is 0.545 bits per heavy atom. The van der Waals surface area contributed by atoms with E-state index in [1.54, 1.807) is 6.26 Å². The van der Waals surface area contributed by atoms with Crippen LogP contribution in [0.15, 0.2) is 12.3 Å². The van der Waals surface area contributed by atoms with Crippen LogP contribution in [0.5, 0.6) is 0 Å². The summed E-state index contributed by atoms with van der Waals surface area (Å²) >= 11 is 0. The molecule has 0 aromatic carbocycles. The third-order valence-corrected chi connectivity index (χ3v) is 5.91. The molecule has 0 aliphatic heterocycles. The van der Waals surface area contributed by atoms with Crippen LogP contribution in [0, 0.1) is 0 Å². The summed E-state index contributed by atoms with van der Waals surface area (Å²) in [5, 5.41) is 0. The van der Waals surface area contributed by atoms with Gasteiger partial charge in [-0.1, -0.05) is 111 Å². The summed E-state index contributed by atoms with van der Waals surface area (Å²) in [4.78, 5) is 0. The van der Waals surface area contributed by atoms with E-state index in [0.717, 1.165) is 51.9 Å². The van der Waals surface area contributed by atoms with Gasteiger partial charge >= 0.3 is 0 Å². The van der Waals surface area contributed by atoms with Crippen LogP contribution in [0.3, 0.4) is 0 Å². The van der Waals surface area contributed by atoms with E-state index in [9.17, 15) is 0 Å². The molecule has 0 spiro atoms. The first-order valence-corrected chi connectivity index (χ1v) is 14.4. The second-order valence-electron chi connectivity index (χ2n) is 9.26. The van der Waals surface area contributed by atoms with Gasteiger partial charge in [-0.2, -0.15) is 0 Å². The van der Waals surface area contributed by atoms with Crippen LogP contribution in [-0.4, -0.2) is 32.9 Å². The molecule has 0 saturated heterocycles. The Hall–Kier alpha value is -0.580. The smallest absolute Gasteiger partial charge is 0.188 e. The van der Waals surface area contributed by atoms with Crippen LogP contribution in [0.2, 0.25) is 0 Å². The zero-order valence-electron chi connectivity index (χ0n) is 22.6. The molecule has 198 valence electrons. The molecule has 0 aromatic rings. The van der Waals surface area contributed by atoms with Gasteiger partial charge in [0.05, 0.1) is 12.9 Å². The Morgan fingerprint density at radius 3 is 1.55 bits per heavy atom. The van der Waals surface area contributed by atoms with Crippen molar-refractivity contribution in [3.8, 4) is 0 Å². The molecule has 4 heteroatoms. The minimum Gasteiger partial charge on any atom is -0.475 e. The van der Waals surface area contributed by atoms with E-state index < -0.39 is 0 Å². The SMILES string of the molecule is CCCCCCCCCOC(CCC=COCOCCCCC)OCCCCCCCCC. The quantitative estimate of drug-likeness (QED) is 0.0648. The second kappa shape index (κ2) is 29.5. The molecule has 0 saturated carbocycles. The Morgan fingerprint density at radius 2 is 1.00 bits per heavy atom. The first kappa shape index (κ1) is 32.4. The summed E-state index contributed by atoms with van der Waals surface area (Å²) < 4.78 is 23.1. The highest BCUT2D eigenvalue weighted by atomic mass is 16.7. The Bertz CT molecular complexity index is 353. The summed E-state index contributed by atoms with van der Waals surface area (Å²) in [6.45, 7) is 9.47. The number of ether oxygens (including phenoxy) is 4. The third-order valence-electron chi connectivity index (χ3n) is 5.91. The highest BCUT2D eigenvalue weighted by Gasteiger charge is 2.08. The molecule has 0 amide bonds. The van der Waals surface area contributed by atoms with Gasteiger partial charge in [0.1, 0.15) is 0 Å². The normalized spacial score (nSPS) is 11.8. The lowest BCUT2D eigenvalue weighted by atomic mass is 10.1. The minimum atomic E-state index is -0.0971. The van der Waals surface area contributed by atoms with Crippen molar-refractivity contribution in [3.63, 3.8) is 0 Å². The fraction of sp³-hybridized carbons (Fsp3) is 0.931. The first-order chi connectivity index (χ1) is 16.3. The molecule has 0 atom stereocenters. The summed E-state index contributed by atoms with van der Waals surface area (Å²) in [6, 6.07) is 0. The molecule has 0 radical (unpaired) electrons. The van der Waals surface area contributed by atoms with Gasteiger partial charge in [-0.15, -0.1) is 0 Å². The average molecular weight is 471 g/mol. The molecule has 33 heavy (non-hydrogen) atoms. The van der Waals surface area contributed by atoms with Gasteiger partial charge < -0.3 is 18.9 Å². The predicted molar refractivity (Wildman–Crippen MR) is 141 cm³/mol. The molecule has 0 unspecified atom stereocenters. The highest BCUT2D eigenvalue weighted by molar-refractivity contribution is 4.73. The fourth-order valence-corrected chi connectivity index (χ4v) is 3.73. The molecular formula is C29H58O4. The molecule has 0 heterocycles. The first-order valence-electron chi connectivity index (χ1n) is 14.4. The van der Waals surface area contributed by atoms with E-state index in [0.29, 0.717) is 6.79 Å². The summed E-state index contributed by atoms with van der Waals surface area (Å²) in [5.41, 5.74) is 0. The van der Waals surface area contributed by atoms with Crippen LogP contribution in [0.4, 0.5) is 0 Å². The molecule has 4 nitrogen and oxygen atoms in total. The average Bonchev–Trinajstić information content (AvgIpc) is 2.83. The van der Waals surface area contributed by atoms with E-state index in [-0.39, 0.29) is 6.29 Å². The van der Waals surface area contributed by atoms with Crippen molar-refractivity contribution in [3.05, 3.63) is 12.3 Å². The number of unbranched alkanes of at least 4 members (excludes halogenated alkanes) is 14. The lowest BCUT2D eigenvalue weighted by molar-refractivity contribution is -0.146. The van der Waals surface area contributed by atoms with Crippen LogP contribution >= 0.6 is 0 Å². The second-order valence-corrected chi connectivity index (χ2v) is 9.26. The highest BCUT2D eigenvalue weighted by Crippen LogP contribution is 2.12. The van der Waals surface area contributed by atoms with Crippen molar-refractivity contribution in [1.29, 1.82) is 0 Å². The molecule has 0 rings (SSSR count). The molecule has 0 bridgehead atoms. The Kier molecular flexibility index (Phi) is 28.9. The zero-order valence-corrected chi connectivity index (χ0v) is 22.6. The largest absolute Gasteiger partial charge is 0.475 e. The molecule has 0 N–H and O–H groups in total. The van der Waals surface area contributed by atoms with Crippen molar-refractivity contribution >= 4 is 0 Å². The summed E-state index contributed by atoms with van der Waals surface area (Å²) in [5.74, 6) is 0. The number of hydrogen-bond donors (Lipinski definition) is 0. The van der Waals surface area contributed by atoms with E-state index >= 15 is 0 Å². The van der Waals surface area contributed by atoms with Gasteiger partial charge in [0.25, 0.3) is 0 Å². The van der Waals surface area contributed by atoms with Gasteiger partial charge in [-0.3, -0.25) is 0 Å². The minimum absolute atomic E-state index is 0.0971. The van der Waals surface area contributed by atoms with Gasteiger partial charge in [0, 0.05) is 19.6 Å². The number of hydrogen-bond acceptors (Lipinski definition) is 4. The molecule has 0 aromatic heterocycles. The lowest BCUT2D eigenvalue weighted by Gasteiger charge is -2.18. The van der Waals surface area contributed by atoms with E-state index in [4.69, 9.17) is 18.9 Å². The van der Waals surface area contributed by atoms with Crippen LogP contribution in [0.1, 0.15) is 143 Å². The number of allylic oxidation sites excluding steroid dienone is 1. The van der Waals surface area contributed by atoms with E-state index in [2.05, 4.69) is 26.8 Å². The molecule has 0 fully saturated rings. The molecule has 0 aliphatic carbocycles. The van der Waals surface area contributed by atoms with E-state index in [1.165, 1.54) is 89.9 Å². The summed E-state index contributed by atoms with van der Waals surface area (Å²) in [6.07, 6.45) is 27.3. The molecular weight excluding hydrogens is 412 g/mol. The Balaban J connectivity index is 3.92. The van der Waals surface area contributed by atoms with Crippen molar-refractivity contribution in [1.82, 2.24) is 0 Å². The van der Waals surface area contributed by atoms with Crippen LogP contribution in [0.25, 0.3) is 0 Å². The third kappa shape index (κ3) is 27.5. The monoisotopic (exact) mass is 470 g/mol. The maximum atomic E-state index is 6.09. The topological polar surface area (TPSA) is 36.9 Å². The van der Waals surface area contributed by atoms with E-state index in [1.807, 2.05) is 0 Å². The maximum absolute atomic E-state index is 6.09. The van der Waals surface area contributed by atoms with Crippen molar-refractivity contribution in [2.24, 2.45) is 0 Å². The van der Waals surface area contributed by atoms with Gasteiger partial charge in [0.15, 0.2) is 13.1 Å². The fourth-order valence-electron chi connectivity index (χ4n) is 3.73. The van der Waals surface area contributed by atoms with Gasteiger partial charge in [-0.25, -0.2) is 0 Å². The lowest BCUT2D eigenvalue weighted by Crippen LogP contribution is -2.18. The van der Waals surface area contributed by atoms with Gasteiger partial charge in [-0.05, 0) is 31.8 Å². The predicted octanol–water partition coefficient (Wildman–Crippen LogP) is 9.32. The maximum Gasteiger partial charge on any atom is 0.188 e. The molecule has 0 aliphatic rings. The van der Waals surface area contributed by atoms with Crippen molar-refractivity contribution < 1.29 is 18.9 Å². The van der Waals surface area contributed by atoms with Crippen LogP contribution in [-0.2, 0) is 18.9 Å². The van der Waals surface area contributed by atoms with Crippen molar-refractivity contribution in [2.75, 3.05) is 26.6 Å². The van der Waals surface area contributed by atoms with Gasteiger partial charge in [0.2, 0.25) is 0 Å². The van der Waals surface area contributed by atoms with Crippen LogP contribution < -0.4 is 0 Å². The number of rotatable bonds is 28. The summed E-state index contributed by atoms with van der Waals surface area (Å²) in [7, 11) is 0. The standard InChI is InChI=1S/C29H58O4/c1-4-7-10-12-14-16-20-26-32-29(33-27-21-17-15-13-11-8-5-2)23-18-22-25-31-28-30-24-19-9-6-3/h22,25,29H,4-21,23-24,26-28H2,1-3H3. The Labute approximate surface area is 207 Å².